The summed E-state index contributed by atoms with van der Waals surface area (Å²) in [5, 5.41) is 0. The van der Waals surface area contributed by atoms with Crippen molar-refractivity contribution in [1.82, 2.24) is 4.90 Å². The number of methoxy groups -OCH3 is 1. The number of ether oxygens (including phenoxy) is 5. The molecule has 1 aromatic carbocycles. The van der Waals surface area contributed by atoms with Crippen LogP contribution in [0.1, 0.15) is 58.3 Å². The summed E-state index contributed by atoms with van der Waals surface area (Å²) in [5.74, 6) is -7.51. The van der Waals surface area contributed by atoms with Crippen molar-refractivity contribution in [3.8, 4) is 0 Å². The van der Waals surface area contributed by atoms with Crippen LogP contribution in [0.4, 0.5) is 0 Å². The first-order chi connectivity index (χ1) is 20.2. The number of allylic oxidation sites excluding steroid dienone is 1. The molecule has 0 radical (unpaired) electrons. The second kappa shape index (κ2) is 12.7. The second-order valence-electron chi connectivity index (χ2n) is 9.84. The molecule has 3 rings (SSSR count). The molecule has 2 amide bonds. The molecule has 13 heteroatoms. The Kier molecular flexibility index (Phi) is 9.70. The lowest BCUT2D eigenvalue weighted by molar-refractivity contribution is -0.194. The van der Waals surface area contributed by atoms with Crippen LogP contribution in [0.5, 0.6) is 0 Å². The van der Waals surface area contributed by atoms with Gasteiger partial charge in [-0.05, 0) is 19.4 Å². The first-order valence-electron chi connectivity index (χ1n) is 13.3. The van der Waals surface area contributed by atoms with Crippen molar-refractivity contribution in [1.29, 1.82) is 0 Å². The number of amides is 2. The Balaban J connectivity index is 2.32. The Morgan fingerprint density at radius 1 is 0.977 bits per heavy atom. The number of Topliss-reactive ketones (excluding diaryl/α,β-unsaturated/α-hetero) is 2. The van der Waals surface area contributed by atoms with Crippen LogP contribution >= 0.6 is 0 Å². The summed E-state index contributed by atoms with van der Waals surface area (Å²) in [5.41, 5.74) is -5.85. The Hall–Kier alpha value is -4.65. The largest absolute Gasteiger partial charge is 0.465 e. The molecule has 5 atom stereocenters. The van der Waals surface area contributed by atoms with Gasteiger partial charge in [0, 0.05) is 45.9 Å². The van der Waals surface area contributed by atoms with Gasteiger partial charge in [-0.3, -0.25) is 33.6 Å². The monoisotopic (exact) mass is 599 g/mol. The van der Waals surface area contributed by atoms with E-state index in [1.165, 1.54) is 37.3 Å². The third-order valence-corrected chi connectivity index (χ3v) is 6.88. The Morgan fingerprint density at radius 3 is 2.07 bits per heavy atom. The minimum atomic E-state index is -2.86. The summed E-state index contributed by atoms with van der Waals surface area (Å²) < 4.78 is 27.9. The van der Waals surface area contributed by atoms with Gasteiger partial charge in [-0.2, -0.15) is 0 Å². The van der Waals surface area contributed by atoms with Gasteiger partial charge < -0.3 is 23.7 Å². The minimum absolute atomic E-state index is 0.0367. The molecule has 1 spiro atoms. The quantitative estimate of drug-likeness (QED) is 0.126. The number of carbonyl (C=O) groups excluding carboxylic acids is 7. The smallest absolute Gasteiger partial charge is 0.303 e. The van der Waals surface area contributed by atoms with Crippen LogP contribution in [0, 0.1) is 0 Å². The number of esters is 3. The van der Waals surface area contributed by atoms with Gasteiger partial charge in [0.1, 0.15) is 0 Å². The number of hydrogen-bond donors (Lipinski definition) is 0. The first kappa shape index (κ1) is 32.9. The van der Waals surface area contributed by atoms with E-state index in [0.29, 0.717) is 11.3 Å². The third-order valence-electron chi connectivity index (χ3n) is 6.88. The van der Waals surface area contributed by atoms with E-state index in [-0.39, 0.29) is 11.1 Å². The maximum absolute atomic E-state index is 14.2. The third kappa shape index (κ3) is 5.59. The van der Waals surface area contributed by atoms with Crippen LogP contribution in [0.15, 0.2) is 53.8 Å². The molecular weight excluding hydrogens is 566 g/mol. The molecule has 2 heterocycles. The lowest BCUT2D eigenvalue weighted by atomic mass is 9.84. The van der Waals surface area contributed by atoms with E-state index in [1.807, 2.05) is 0 Å². The van der Waals surface area contributed by atoms with Crippen molar-refractivity contribution in [3.63, 3.8) is 0 Å². The highest BCUT2D eigenvalue weighted by Gasteiger charge is 2.80. The molecule has 1 aromatic rings. The highest BCUT2D eigenvalue weighted by Crippen LogP contribution is 2.50. The molecule has 1 fully saturated rings. The van der Waals surface area contributed by atoms with Crippen LogP contribution in [0.25, 0.3) is 0 Å². The van der Waals surface area contributed by atoms with Crippen LogP contribution in [0.2, 0.25) is 0 Å². The number of rotatable bonds is 10. The fraction of sp³-hybridized carbons (Fsp3) is 0.433. The summed E-state index contributed by atoms with van der Waals surface area (Å²) in [6.07, 6.45) is -1.56. The van der Waals surface area contributed by atoms with Gasteiger partial charge in [-0.25, -0.2) is 4.90 Å². The van der Waals surface area contributed by atoms with Crippen molar-refractivity contribution in [3.05, 3.63) is 59.4 Å². The van der Waals surface area contributed by atoms with E-state index in [9.17, 15) is 33.6 Å². The molecule has 0 N–H and O–H groups in total. The van der Waals surface area contributed by atoms with E-state index in [0.717, 1.165) is 34.8 Å². The molecule has 0 aromatic heterocycles. The molecule has 1 saturated heterocycles. The highest BCUT2D eigenvalue weighted by molar-refractivity contribution is 6.26. The van der Waals surface area contributed by atoms with Crippen LogP contribution in [0.3, 0.4) is 0 Å². The van der Waals surface area contributed by atoms with Gasteiger partial charge in [-0.1, -0.05) is 43.3 Å². The zero-order valence-electron chi connectivity index (χ0n) is 24.8. The predicted octanol–water partition coefficient (Wildman–Crippen LogP) is 1.97. The van der Waals surface area contributed by atoms with Crippen LogP contribution in [-0.2, 0) is 52.5 Å². The molecule has 230 valence electrons. The lowest BCUT2D eigenvalue weighted by Gasteiger charge is -2.37. The van der Waals surface area contributed by atoms with E-state index < -0.39 is 76.7 Å². The van der Waals surface area contributed by atoms with Gasteiger partial charge >= 0.3 is 17.9 Å². The summed E-state index contributed by atoms with van der Waals surface area (Å²) in [7, 11) is 1.01. The zero-order valence-corrected chi connectivity index (χ0v) is 24.8. The highest BCUT2D eigenvalue weighted by atomic mass is 16.6. The summed E-state index contributed by atoms with van der Waals surface area (Å²) in [6.45, 7) is 7.16. The summed E-state index contributed by atoms with van der Waals surface area (Å²) in [4.78, 5) is 92.6. The van der Waals surface area contributed by atoms with Crippen LogP contribution < -0.4 is 0 Å². The standard InChI is InChI=1S/C30H33NO12/c1-8-9-15-22(40-18(4)33)24(41-19(5)34)23-16(2)25(36)29(43-23)27(42-20(6)35)30(39-7,31(17(3)32)28(29)38)26(37)21-13-11-10-12-14-21/h9-15,22,24,27H,8H2,1-7H3/b15-9-/t22-,24-,27+,29+,30+/m0/s1. The average Bonchev–Trinajstić information content (AvgIpc) is 3.33. The Labute approximate surface area is 247 Å². The van der Waals surface area contributed by atoms with Crippen molar-refractivity contribution in [2.45, 2.75) is 77.6 Å². The Bertz CT molecular complexity index is 1410. The average molecular weight is 600 g/mol. The number of likely N-dealkylation sites (tertiary alicyclic amines) is 1. The fourth-order valence-corrected chi connectivity index (χ4v) is 5.22. The molecule has 43 heavy (non-hydrogen) atoms. The molecular formula is C30H33NO12. The topological polar surface area (TPSA) is 169 Å². The molecule has 2 aliphatic rings. The molecule has 2 aliphatic heterocycles. The summed E-state index contributed by atoms with van der Waals surface area (Å²) >= 11 is 0. The van der Waals surface area contributed by atoms with Crippen LogP contribution in [-0.4, -0.2) is 82.9 Å². The second-order valence-corrected chi connectivity index (χ2v) is 9.84. The van der Waals surface area contributed by atoms with E-state index in [2.05, 4.69) is 0 Å². The number of benzene rings is 1. The normalized spacial score (nSPS) is 24.6. The maximum Gasteiger partial charge on any atom is 0.303 e. The number of nitrogens with zero attached hydrogens (tertiary/aromatic N) is 1. The van der Waals surface area contributed by atoms with E-state index in [1.54, 1.807) is 19.1 Å². The SMILES string of the molecule is CC/C=C\[C@H](OC(C)=O)[C@H](OC(C)=O)C1=C(C)C(=O)[C@]2(O1)C(=O)N(C(C)=O)[C@@](OC)(C(=O)c1ccccc1)[C@@H]2OC(C)=O. The lowest BCUT2D eigenvalue weighted by Crippen LogP contribution is -2.63. The fourth-order valence-electron chi connectivity index (χ4n) is 5.22. The molecule has 0 aliphatic carbocycles. The van der Waals surface area contributed by atoms with Crippen molar-refractivity contribution in [2.75, 3.05) is 7.11 Å². The van der Waals surface area contributed by atoms with Crippen molar-refractivity contribution in [2.24, 2.45) is 0 Å². The number of hydrogen-bond acceptors (Lipinski definition) is 12. The van der Waals surface area contributed by atoms with Gasteiger partial charge in [0.2, 0.25) is 23.6 Å². The Morgan fingerprint density at radius 2 is 1.58 bits per heavy atom. The number of carbonyl (C=O) groups is 7. The minimum Gasteiger partial charge on any atom is -0.465 e. The maximum atomic E-state index is 14.2. The van der Waals surface area contributed by atoms with Gasteiger partial charge in [0.25, 0.3) is 17.2 Å². The first-order valence-corrected chi connectivity index (χ1v) is 13.3. The van der Waals surface area contributed by atoms with Gasteiger partial charge in [0.15, 0.2) is 18.0 Å². The number of ketones is 2. The van der Waals surface area contributed by atoms with E-state index in [4.69, 9.17) is 23.7 Å². The van der Waals surface area contributed by atoms with Gasteiger partial charge in [-0.15, -0.1) is 0 Å². The van der Waals surface area contributed by atoms with E-state index >= 15 is 0 Å². The molecule has 0 saturated carbocycles. The molecule has 0 unspecified atom stereocenters. The van der Waals surface area contributed by atoms with Gasteiger partial charge in [0.05, 0.1) is 0 Å². The molecule has 0 bridgehead atoms. The van der Waals surface area contributed by atoms with Crippen molar-refractivity contribution < 1.29 is 57.2 Å². The zero-order chi connectivity index (χ0) is 32.3. The number of imide groups is 1. The summed E-state index contributed by atoms with van der Waals surface area (Å²) in [6, 6.07) is 7.43. The molecule has 13 nitrogen and oxygen atoms in total. The predicted molar refractivity (Wildman–Crippen MR) is 146 cm³/mol. The van der Waals surface area contributed by atoms with Crippen molar-refractivity contribution >= 4 is 41.3 Å².